The number of aromatic carboxylic acids is 1. The van der Waals surface area contributed by atoms with Crippen LogP contribution in [0.4, 0.5) is 15.9 Å². The molecular formula is C18H14FN3O3. The van der Waals surface area contributed by atoms with Crippen molar-refractivity contribution >= 4 is 17.5 Å². The largest absolute Gasteiger partial charge is 0.489 e. The number of aromatic nitrogens is 2. The Morgan fingerprint density at radius 3 is 2.64 bits per heavy atom. The third-order valence-corrected chi connectivity index (χ3v) is 3.41. The first-order valence-electron chi connectivity index (χ1n) is 7.40. The monoisotopic (exact) mass is 339 g/mol. The van der Waals surface area contributed by atoms with Gasteiger partial charge >= 0.3 is 5.97 Å². The Kier molecular flexibility index (Phi) is 4.84. The molecular weight excluding hydrogens is 325 g/mol. The van der Waals surface area contributed by atoms with Crippen molar-refractivity contribution in [1.82, 2.24) is 9.97 Å². The highest BCUT2D eigenvalue weighted by atomic mass is 19.1. The zero-order valence-corrected chi connectivity index (χ0v) is 13.0. The second-order valence-electron chi connectivity index (χ2n) is 5.12. The number of carboxylic acid groups (broad SMARTS) is 1. The SMILES string of the molecule is O=C(O)c1cncnc1Nc1ccc(OCc2ccccc2F)cc1. The van der Waals surface area contributed by atoms with Gasteiger partial charge in [-0.1, -0.05) is 18.2 Å². The van der Waals surface area contributed by atoms with Gasteiger partial charge in [-0.3, -0.25) is 0 Å². The molecule has 0 amide bonds. The van der Waals surface area contributed by atoms with Crippen LogP contribution in [0.3, 0.4) is 0 Å². The molecule has 6 nitrogen and oxygen atoms in total. The van der Waals surface area contributed by atoms with Gasteiger partial charge in [-0.2, -0.15) is 0 Å². The molecule has 0 fully saturated rings. The Hall–Kier alpha value is -3.48. The van der Waals surface area contributed by atoms with E-state index in [1.165, 1.54) is 18.6 Å². The van der Waals surface area contributed by atoms with Crippen molar-refractivity contribution in [3.05, 3.63) is 78.0 Å². The molecule has 3 rings (SSSR count). The van der Waals surface area contributed by atoms with Crippen LogP contribution in [0, 0.1) is 5.82 Å². The molecule has 2 N–H and O–H groups in total. The van der Waals surface area contributed by atoms with Gasteiger partial charge in [0.15, 0.2) is 0 Å². The summed E-state index contributed by atoms with van der Waals surface area (Å²) >= 11 is 0. The van der Waals surface area contributed by atoms with Crippen LogP contribution in [-0.2, 0) is 6.61 Å². The van der Waals surface area contributed by atoms with E-state index >= 15 is 0 Å². The Morgan fingerprint density at radius 2 is 1.92 bits per heavy atom. The molecule has 3 aromatic rings. The lowest BCUT2D eigenvalue weighted by molar-refractivity contribution is 0.0697. The second-order valence-corrected chi connectivity index (χ2v) is 5.12. The molecule has 0 aliphatic rings. The van der Waals surface area contributed by atoms with E-state index in [0.717, 1.165) is 0 Å². The van der Waals surface area contributed by atoms with Gasteiger partial charge in [0, 0.05) is 17.4 Å². The number of rotatable bonds is 6. The van der Waals surface area contributed by atoms with Crippen LogP contribution in [0.25, 0.3) is 0 Å². The summed E-state index contributed by atoms with van der Waals surface area (Å²) in [7, 11) is 0. The first-order valence-corrected chi connectivity index (χ1v) is 7.40. The minimum Gasteiger partial charge on any atom is -0.489 e. The summed E-state index contributed by atoms with van der Waals surface area (Å²) < 4.78 is 19.1. The number of carboxylic acids is 1. The fraction of sp³-hybridized carbons (Fsp3) is 0.0556. The predicted molar refractivity (Wildman–Crippen MR) is 89.4 cm³/mol. The van der Waals surface area contributed by atoms with Crippen molar-refractivity contribution < 1.29 is 19.0 Å². The highest BCUT2D eigenvalue weighted by Gasteiger charge is 2.11. The molecule has 1 aromatic heterocycles. The van der Waals surface area contributed by atoms with E-state index in [1.807, 2.05) is 0 Å². The molecule has 0 aliphatic carbocycles. The smallest absolute Gasteiger partial charge is 0.341 e. The van der Waals surface area contributed by atoms with Gasteiger partial charge in [0.1, 0.15) is 35.9 Å². The van der Waals surface area contributed by atoms with Crippen LogP contribution in [0.2, 0.25) is 0 Å². The lowest BCUT2D eigenvalue weighted by atomic mass is 10.2. The Bertz CT molecular complexity index is 885. The normalized spacial score (nSPS) is 10.3. The van der Waals surface area contributed by atoms with E-state index in [0.29, 0.717) is 17.0 Å². The molecule has 0 saturated heterocycles. The van der Waals surface area contributed by atoms with Gasteiger partial charge in [-0.25, -0.2) is 19.2 Å². The maximum Gasteiger partial charge on any atom is 0.341 e. The van der Waals surface area contributed by atoms with Gasteiger partial charge in [-0.15, -0.1) is 0 Å². The molecule has 0 atom stereocenters. The van der Waals surface area contributed by atoms with E-state index in [-0.39, 0.29) is 23.8 Å². The minimum atomic E-state index is -1.12. The Balaban J connectivity index is 1.67. The molecule has 0 bridgehead atoms. The standard InChI is InChI=1S/C18H14FN3O3/c19-16-4-2-1-3-12(16)10-25-14-7-5-13(6-8-14)22-17-15(18(23)24)9-20-11-21-17/h1-9,11H,10H2,(H,23,24)(H,20,21,22). The summed E-state index contributed by atoms with van der Waals surface area (Å²) in [5.41, 5.74) is 1.08. The van der Waals surface area contributed by atoms with Crippen LogP contribution in [0.15, 0.2) is 61.1 Å². The van der Waals surface area contributed by atoms with Crippen molar-refractivity contribution in [3.8, 4) is 5.75 Å². The molecule has 0 unspecified atom stereocenters. The summed E-state index contributed by atoms with van der Waals surface area (Å²) in [5.74, 6) is -0.670. The average molecular weight is 339 g/mol. The van der Waals surface area contributed by atoms with Crippen molar-refractivity contribution in [3.63, 3.8) is 0 Å². The summed E-state index contributed by atoms with van der Waals surface area (Å²) in [6, 6.07) is 13.2. The molecule has 2 aromatic carbocycles. The zero-order chi connectivity index (χ0) is 17.6. The number of nitrogens with one attached hydrogen (secondary N) is 1. The number of ether oxygens (including phenoxy) is 1. The maximum absolute atomic E-state index is 13.6. The van der Waals surface area contributed by atoms with Gasteiger partial charge in [-0.05, 0) is 30.3 Å². The van der Waals surface area contributed by atoms with Gasteiger partial charge in [0.05, 0.1) is 0 Å². The number of anilines is 2. The third kappa shape index (κ3) is 4.08. The molecule has 0 saturated carbocycles. The van der Waals surface area contributed by atoms with Crippen molar-refractivity contribution in [2.75, 3.05) is 5.32 Å². The highest BCUT2D eigenvalue weighted by molar-refractivity contribution is 5.93. The van der Waals surface area contributed by atoms with Crippen LogP contribution in [0.5, 0.6) is 5.75 Å². The number of nitrogens with zero attached hydrogens (tertiary/aromatic N) is 2. The zero-order valence-electron chi connectivity index (χ0n) is 13.0. The fourth-order valence-corrected chi connectivity index (χ4v) is 2.13. The second kappa shape index (κ2) is 7.39. The third-order valence-electron chi connectivity index (χ3n) is 3.41. The van der Waals surface area contributed by atoms with Gasteiger partial charge in [0.25, 0.3) is 0 Å². The topological polar surface area (TPSA) is 84.3 Å². The van der Waals surface area contributed by atoms with E-state index in [4.69, 9.17) is 9.84 Å². The van der Waals surface area contributed by atoms with E-state index in [1.54, 1.807) is 42.5 Å². The number of benzene rings is 2. The molecule has 0 spiro atoms. The maximum atomic E-state index is 13.6. The molecule has 0 aliphatic heterocycles. The number of hydrogen-bond donors (Lipinski definition) is 2. The lowest BCUT2D eigenvalue weighted by Gasteiger charge is -2.10. The van der Waals surface area contributed by atoms with Crippen LogP contribution < -0.4 is 10.1 Å². The number of hydrogen-bond acceptors (Lipinski definition) is 5. The summed E-state index contributed by atoms with van der Waals surface area (Å²) in [6.07, 6.45) is 2.49. The quantitative estimate of drug-likeness (QED) is 0.713. The lowest BCUT2D eigenvalue weighted by Crippen LogP contribution is -2.05. The van der Waals surface area contributed by atoms with Crippen molar-refractivity contribution in [1.29, 1.82) is 0 Å². The predicted octanol–water partition coefficient (Wildman–Crippen LogP) is 3.64. The molecule has 1 heterocycles. The van der Waals surface area contributed by atoms with E-state index in [2.05, 4.69) is 15.3 Å². The first kappa shape index (κ1) is 16.4. The molecule has 0 radical (unpaired) electrons. The van der Waals surface area contributed by atoms with E-state index in [9.17, 15) is 9.18 Å². The molecule has 7 heteroatoms. The summed E-state index contributed by atoms with van der Waals surface area (Å²) in [5, 5.41) is 12.0. The average Bonchev–Trinajstić information content (AvgIpc) is 2.62. The van der Waals surface area contributed by atoms with Crippen LogP contribution >= 0.6 is 0 Å². The van der Waals surface area contributed by atoms with E-state index < -0.39 is 5.97 Å². The highest BCUT2D eigenvalue weighted by Crippen LogP contribution is 2.21. The number of halogens is 1. The first-order chi connectivity index (χ1) is 12.1. The number of carbonyl (C=O) groups is 1. The summed E-state index contributed by atoms with van der Waals surface area (Å²) in [4.78, 5) is 18.8. The van der Waals surface area contributed by atoms with Crippen molar-refractivity contribution in [2.45, 2.75) is 6.61 Å². The minimum absolute atomic E-state index is 0.0256. The Morgan fingerprint density at radius 1 is 1.16 bits per heavy atom. The molecule has 126 valence electrons. The van der Waals surface area contributed by atoms with Crippen molar-refractivity contribution in [2.24, 2.45) is 0 Å². The Labute approximate surface area is 142 Å². The fourth-order valence-electron chi connectivity index (χ4n) is 2.13. The molecule has 25 heavy (non-hydrogen) atoms. The van der Waals surface area contributed by atoms with Gasteiger partial charge in [0.2, 0.25) is 0 Å². The van der Waals surface area contributed by atoms with Crippen LogP contribution in [-0.4, -0.2) is 21.0 Å². The summed E-state index contributed by atoms with van der Waals surface area (Å²) in [6.45, 7) is 0.120. The van der Waals surface area contributed by atoms with Gasteiger partial charge < -0.3 is 15.2 Å². The van der Waals surface area contributed by atoms with Crippen LogP contribution in [0.1, 0.15) is 15.9 Å².